The minimum absolute atomic E-state index is 0.0747. The summed E-state index contributed by atoms with van der Waals surface area (Å²) in [6, 6.07) is 8.22. The summed E-state index contributed by atoms with van der Waals surface area (Å²) >= 11 is 0. The summed E-state index contributed by atoms with van der Waals surface area (Å²) < 4.78 is 4.78. The molecule has 1 aromatic carbocycles. The van der Waals surface area contributed by atoms with Gasteiger partial charge in [0.05, 0.1) is 13.0 Å². The van der Waals surface area contributed by atoms with Crippen LogP contribution in [0.1, 0.15) is 58.1 Å². The van der Waals surface area contributed by atoms with Gasteiger partial charge in [0.1, 0.15) is 0 Å². The van der Waals surface area contributed by atoms with E-state index in [1.54, 1.807) is 17.9 Å². The van der Waals surface area contributed by atoms with Crippen LogP contribution in [0.4, 0.5) is 0 Å². The molecule has 1 unspecified atom stereocenters. The van der Waals surface area contributed by atoms with Crippen molar-refractivity contribution in [1.29, 1.82) is 0 Å². The summed E-state index contributed by atoms with van der Waals surface area (Å²) in [5.41, 5.74) is 2.27. The highest BCUT2D eigenvalue weighted by molar-refractivity contribution is 5.92. The quantitative estimate of drug-likeness (QED) is 0.481. The maximum Gasteiger partial charge on any atom is 0.310 e. The lowest BCUT2D eigenvalue weighted by Gasteiger charge is -2.24. The van der Waals surface area contributed by atoms with E-state index in [0.717, 1.165) is 12.0 Å². The number of carbonyl (C=O) groups excluding carboxylic acids is 2. The Morgan fingerprint density at radius 2 is 1.69 bits per heavy atom. The zero-order valence-corrected chi connectivity index (χ0v) is 17.0. The van der Waals surface area contributed by atoms with Crippen LogP contribution in [0.15, 0.2) is 30.3 Å². The maximum absolute atomic E-state index is 12.6. The molecule has 1 amide bonds. The molecule has 0 saturated carbocycles. The summed E-state index contributed by atoms with van der Waals surface area (Å²) in [7, 11) is 1.37. The first-order valence-electron chi connectivity index (χ1n) is 9.39. The molecule has 0 heterocycles. The van der Waals surface area contributed by atoms with Gasteiger partial charge in [0, 0.05) is 19.2 Å². The number of rotatable bonds is 9. The first-order chi connectivity index (χ1) is 12.2. The third-order valence-corrected chi connectivity index (χ3v) is 4.41. The number of nitrogens with zero attached hydrogens (tertiary/aromatic N) is 1. The van der Waals surface area contributed by atoms with Gasteiger partial charge < -0.3 is 9.64 Å². The fraction of sp³-hybridized carbons (Fsp3) is 0.545. The van der Waals surface area contributed by atoms with Gasteiger partial charge in [-0.05, 0) is 35.5 Å². The highest BCUT2D eigenvalue weighted by Crippen LogP contribution is 2.15. The number of carbonyl (C=O) groups is 2. The van der Waals surface area contributed by atoms with Crippen LogP contribution in [0.2, 0.25) is 0 Å². The van der Waals surface area contributed by atoms with Gasteiger partial charge in [0.25, 0.3) is 0 Å². The summed E-state index contributed by atoms with van der Waals surface area (Å²) in [5, 5.41) is 0. The maximum atomic E-state index is 12.6. The Kier molecular flexibility index (Phi) is 9.11. The summed E-state index contributed by atoms with van der Waals surface area (Å²) in [6.07, 6.45) is 4.32. The third-order valence-electron chi connectivity index (χ3n) is 4.41. The molecule has 0 N–H and O–H groups in total. The zero-order chi connectivity index (χ0) is 19.7. The zero-order valence-electron chi connectivity index (χ0n) is 17.0. The van der Waals surface area contributed by atoms with E-state index in [4.69, 9.17) is 4.74 Å². The van der Waals surface area contributed by atoms with Crippen LogP contribution in [0.5, 0.6) is 0 Å². The van der Waals surface area contributed by atoms with Crippen molar-refractivity contribution in [2.24, 2.45) is 11.8 Å². The molecule has 144 valence electrons. The first kappa shape index (κ1) is 21.9. The first-order valence-corrected chi connectivity index (χ1v) is 9.39. The number of ether oxygens (including phenoxy) is 1. The average Bonchev–Trinajstić information content (AvgIpc) is 2.62. The van der Waals surface area contributed by atoms with Gasteiger partial charge in [-0.1, -0.05) is 58.9 Å². The lowest BCUT2D eigenvalue weighted by atomic mass is 10.0. The Hall–Kier alpha value is -2.10. The predicted molar refractivity (Wildman–Crippen MR) is 107 cm³/mol. The molecular weight excluding hydrogens is 326 g/mol. The SMILES string of the molecule is COC(=O)C(C)CN(CCC(C)C)C(=O)/C=C/c1ccc(C(C)C)cc1. The molecule has 0 aromatic heterocycles. The Bertz CT molecular complexity index is 602. The van der Waals surface area contributed by atoms with E-state index >= 15 is 0 Å². The lowest BCUT2D eigenvalue weighted by Crippen LogP contribution is -2.37. The Balaban J connectivity index is 2.80. The molecule has 0 spiro atoms. The van der Waals surface area contributed by atoms with Crippen LogP contribution in [0.3, 0.4) is 0 Å². The smallest absolute Gasteiger partial charge is 0.310 e. The molecule has 0 bridgehead atoms. The number of methoxy groups -OCH3 is 1. The molecule has 1 aromatic rings. The molecule has 0 aliphatic rings. The summed E-state index contributed by atoms with van der Waals surface area (Å²) in [6.45, 7) is 11.4. The van der Waals surface area contributed by atoms with Gasteiger partial charge in [-0.2, -0.15) is 0 Å². The molecule has 0 aliphatic carbocycles. The third kappa shape index (κ3) is 7.42. The van der Waals surface area contributed by atoms with Crippen molar-refractivity contribution in [2.45, 2.75) is 47.0 Å². The van der Waals surface area contributed by atoms with E-state index in [1.807, 2.05) is 18.2 Å². The normalized spacial score (nSPS) is 12.6. The van der Waals surface area contributed by atoms with E-state index in [2.05, 4.69) is 39.8 Å². The lowest BCUT2D eigenvalue weighted by molar-refractivity contribution is -0.146. The van der Waals surface area contributed by atoms with Crippen molar-refractivity contribution in [3.8, 4) is 0 Å². The number of benzene rings is 1. The average molecular weight is 360 g/mol. The largest absolute Gasteiger partial charge is 0.469 e. The van der Waals surface area contributed by atoms with Crippen molar-refractivity contribution in [3.63, 3.8) is 0 Å². The number of hydrogen-bond donors (Lipinski definition) is 0. The highest BCUT2D eigenvalue weighted by Gasteiger charge is 2.20. The molecule has 0 radical (unpaired) electrons. The van der Waals surface area contributed by atoms with E-state index in [0.29, 0.717) is 24.9 Å². The predicted octanol–water partition coefficient (Wildman–Crippen LogP) is 4.51. The molecule has 0 saturated heterocycles. The Labute approximate surface area is 158 Å². The van der Waals surface area contributed by atoms with E-state index < -0.39 is 0 Å². The van der Waals surface area contributed by atoms with Gasteiger partial charge in [-0.3, -0.25) is 9.59 Å². The second kappa shape index (κ2) is 10.8. The van der Waals surface area contributed by atoms with Crippen LogP contribution in [0.25, 0.3) is 6.08 Å². The van der Waals surface area contributed by atoms with E-state index in [9.17, 15) is 9.59 Å². The van der Waals surface area contributed by atoms with Crippen molar-refractivity contribution in [3.05, 3.63) is 41.5 Å². The molecule has 4 heteroatoms. The van der Waals surface area contributed by atoms with Crippen LogP contribution in [0, 0.1) is 11.8 Å². The highest BCUT2D eigenvalue weighted by atomic mass is 16.5. The number of esters is 1. The van der Waals surface area contributed by atoms with E-state index in [1.165, 1.54) is 12.7 Å². The fourth-order valence-corrected chi connectivity index (χ4v) is 2.58. The second-order valence-corrected chi connectivity index (χ2v) is 7.55. The minimum atomic E-state index is -0.338. The molecule has 4 nitrogen and oxygen atoms in total. The number of amides is 1. The molecule has 1 atom stereocenters. The van der Waals surface area contributed by atoms with E-state index in [-0.39, 0.29) is 17.8 Å². The monoisotopic (exact) mass is 359 g/mol. The summed E-state index contributed by atoms with van der Waals surface area (Å²) in [4.78, 5) is 26.1. The van der Waals surface area contributed by atoms with Crippen molar-refractivity contribution >= 4 is 18.0 Å². The fourth-order valence-electron chi connectivity index (χ4n) is 2.58. The van der Waals surface area contributed by atoms with Crippen LogP contribution < -0.4 is 0 Å². The summed E-state index contributed by atoms with van der Waals surface area (Å²) in [5.74, 6) is 0.275. The Morgan fingerprint density at radius 3 is 2.19 bits per heavy atom. The molecule has 1 rings (SSSR count). The van der Waals surface area contributed by atoms with Crippen molar-refractivity contribution in [1.82, 2.24) is 4.90 Å². The molecule has 0 fully saturated rings. The number of hydrogen-bond acceptors (Lipinski definition) is 3. The second-order valence-electron chi connectivity index (χ2n) is 7.55. The standard InChI is InChI=1S/C22H33NO3/c1-16(2)13-14-23(15-18(5)22(25)26-6)21(24)12-9-19-7-10-20(11-8-19)17(3)4/h7-12,16-18H,13-15H2,1-6H3/b12-9+. The van der Waals surface area contributed by atoms with Crippen molar-refractivity contribution in [2.75, 3.05) is 20.2 Å². The van der Waals surface area contributed by atoms with Gasteiger partial charge in [0.2, 0.25) is 5.91 Å². The minimum Gasteiger partial charge on any atom is -0.469 e. The van der Waals surface area contributed by atoms with Gasteiger partial charge in [-0.25, -0.2) is 0 Å². The molecular formula is C22H33NO3. The molecule has 0 aliphatic heterocycles. The van der Waals surface area contributed by atoms with Gasteiger partial charge in [-0.15, -0.1) is 0 Å². The van der Waals surface area contributed by atoms with Gasteiger partial charge in [0.15, 0.2) is 0 Å². The van der Waals surface area contributed by atoms with Crippen LogP contribution >= 0.6 is 0 Å². The Morgan fingerprint density at radius 1 is 1.08 bits per heavy atom. The van der Waals surface area contributed by atoms with Crippen LogP contribution in [-0.2, 0) is 14.3 Å². The van der Waals surface area contributed by atoms with Crippen molar-refractivity contribution < 1.29 is 14.3 Å². The van der Waals surface area contributed by atoms with Gasteiger partial charge >= 0.3 is 5.97 Å². The topological polar surface area (TPSA) is 46.6 Å². The molecule has 26 heavy (non-hydrogen) atoms. The van der Waals surface area contributed by atoms with Crippen LogP contribution in [-0.4, -0.2) is 37.0 Å².